The van der Waals surface area contributed by atoms with Crippen LogP contribution in [0.25, 0.3) is 27.8 Å². The summed E-state index contributed by atoms with van der Waals surface area (Å²) in [7, 11) is 2.03. The van der Waals surface area contributed by atoms with Gasteiger partial charge in [-0.25, -0.2) is 4.40 Å². The summed E-state index contributed by atoms with van der Waals surface area (Å²) in [6.45, 7) is 6.48. The van der Waals surface area contributed by atoms with Crippen molar-refractivity contribution in [1.29, 1.82) is 0 Å². The Hall–Kier alpha value is -3.44. The van der Waals surface area contributed by atoms with Gasteiger partial charge in [0.2, 0.25) is 5.28 Å². The first-order chi connectivity index (χ1) is 14.9. The van der Waals surface area contributed by atoms with E-state index >= 15 is 0 Å². The second-order valence-electron chi connectivity index (χ2n) is 7.94. The van der Waals surface area contributed by atoms with Crippen LogP contribution in [0.4, 0.5) is 11.5 Å². The van der Waals surface area contributed by atoms with Gasteiger partial charge in [0.1, 0.15) is 5.82 Å². The minimum absolute atomic E-state index is 0.306. The molecule has 0 aliphatic heterocycles. The minimum atomic E-state index is 0.306. The van der Waals surface area contributed by atoms with Crippen molar-refractivity contribution < 1.29 is 0 Å². The lowest BCUT2D eigenvalue weighted by atomic mass is 9.93. The van der Waals surface area contributed by atoms with E-state index in [1.54, 1.807) is 4.40 Å². The largest absolute Gasteiger partial charge is 0.329 e. The maximum atomic E-state index is 6.27. The number of aryl methyl sites for hydroxylation is 3. The van der Waals surface area contributed by atoms with Crippen molar-refractivity contribution in [3.63, 3.8) is 0 Å². The Labute approximate surface area is 185 Å². The number of benzene rings is 3. The molecule has 31 heavy (non-hydrogen) atoms. The van der Waals surface area contributed by atoms with Crippen molar-refractivity contribution in [2.24, 2.45) is 0 Å². The SMILES string of the molecule is Cc1cc(C)c(-c2cccc(N(C)c3nc4nnc(Cl)n4c4ccccc34)c2)c(C)c1. The highest BCUT2D eigenvalue weighted by molar-refractivity contribution is 6.29. The predicted molar refractivity (Wildman–Crippen MR) is 127 cm³/mol. The van der Waals surface area contributed by atoms with E-state index in [-0.39, 0.29) is 0 Å². The second kappa shape index (κ2) is 7.36. The van der Waals surface area contributed by atoms with Crippen LogP contribution in [0.1, 0.15) is 16.7 Å². The van der Waals surface area contributed by atoms with Gasteiger partial charge in [-0.1, -0.05) is 42.0 Å². The molecule has 2 aromatic heterocycles. The number of aromatic nitrogens is 4. The maximum absolute atomic E-state index is 6.27. The molecular weight excluding hydrogens is 406 g/mol. The number of hydrogen-bond donors (Lipinski definition) is 0. The highest BCUT2D eigenvalue weighted by Crippen LogP contribution is 2.35. The third-order valence-corrected chi connectivity index (χ3v) is 5.96. The molecule has 0 spiro atoms. The van der Waals surface area contributed by atoms with Crippen molar-refractivity contribution in [1.82, 2.24) is 19.6 Å². The molecule has 5 aromatic rings. The summed E-state index contributed by atoms with van der Waals surface area (Å²) in [5.74, 6) is 1.29. The molecule has 0 radical (unpaired) electrons. The fourth-order valence-corrected chi connectivity index (χ4v) is 4.64. The zero-order valence-electron chi connectivity index (χ0n) is 17.9. The molecule has 0 unspecified atom stereocenters. The van der Waals surface area contributed by atoms with Gasteiger partial charge in [0.25, 0.3) is 5.78 Å². The Kier molecular flexibility index (Phi) is 4.63. The summed E-state index contributed by atoms with van der Waals surface area (Å²) in [6, 6.07) is 21.1. The number of fused-ring (bicyclic) bond motifs is 3. The van der Waals surface area contributed by atoms with E-state index in [2.05, 4.69) is 72.3 Å². The van der Waals surface area contributed by atoms with Gasteiger partial charge in [-0.05, 0) is 78.9 Å². The molecule has 2 heterocycles. The highest BCUT2D eigenvalue weighted by Gasteiger charge is 2.17. The van der Waals surface area contributed by atoms with Crippen molar-refractivity contribution in [2.45, 2.75) is 20.8 Å². The summed E-state index contributed by atoms with van der Waals surface area (Å²) in [5, 5.41) is 9.43. The van der Waals surface area contributed by atoms with Gasteiger partial charge in [-0.2, -0.15) is 4.98 Å². The standard InChI is InChI=1S/C25H22ClN5/c1-15-12-16(2)22(17(3)13-15)18-8-7-9-19(14-18)30(4)23-20-10-5-6-11-21(20)31-24(26)28-29-25(31)27-23/h5-14H,1-4H3. The predicted octanol–water partition coefficient (Wildman–Crippen LogP) is 6.29. The van der Waals surface area contributed by atoms with E-state index in [4.69, 9.17) is 16.6 Å². The van der Waals surface area contributed by atoms with Crippen LogP contribution in [0.2, 0.25) is 5.28 Å². The van der Waals surface area contributed by atoms with E-state index in [0.717, 1.165) is 22.4 Å². The molecule has 0 N–H and O–H groups in total. The van der Waals surface area contributed by atoms with Crippen molar-refractivity contribution in [3.05, 3.63) is 82.6 Å². The highest BCUT2D eigenvalue weighted by atomic mass is 35.5. The number of rotatable bonds is 3. The van der Waals surface area contributed by atoms with E-state index in [1.807, 2.05) is 31.3 Å². The average Bonchev–Trinajstić information content (AvgIpc) is 3.13. The van der Waals surface area contributed by atoms with Gasteiger partial charge in [-0.3, -0.25) is 0 Å². The van der Waals surface area contributed by atoms with Crippen LogP contribution in [-0.2, 0) is 0 Å². The third kappa shape index (κ3) is 3.22. The topological polar surface area (TPSA) is 46.3 Å². The summed E-state index contributed by atoms with van der Waals surface area (Å²) < 4.78 is 1.77. The lowest BCUT2D eigenvalue weighted by molar-refractivity contribution is 1.08. The maximum Gasteiger partial charge on any atom is 0.258 e. The first-order valence-corrected chi connectivity index (χ1v) is 10.5. The van der Waals surface area contributed by atoms with Crippen molar-refractivity contribution in [3.8, 4) is 11.1 Å². The van der Waals surface area contributed by atoms with Gasteiger partial charge in [0.15, 0.2) is 0 Å². The lowest BCUT2D eigenvalue weighted by Gasteiger charge is -2.22. The van der Waals surface area contributed by atoms with Crippen LogP contribution in [0, 0.1) is 20.8 Å². The van der Waals surface area contributed by atoms with E-state index < -0.39 is 0 Å². The Balaban J connectivity index is 1.67. The molecular formula is C25H22ClN5. The zero-order chi connectivity index (χ0) is 21.7. The Bertz CT molecular complexity index is 1430. The lowest BCUT2D eigenvalue weighted by Crippen LogP contribution is -2.13. The number of para-hydroxylation sites is 1. The molecule has 0 bridgehead atoms. The van der Waals surface area contributed by atoms with Crippen LogP contribution in [0.5, 0.6) is 0 Å². The van der Waals surface area contributed by atoms with Crippen molar-refractivity contribution >= 4 is 39.8 Å². The number of anilines is 2. The quantitative estimate of drug-likeness (QED) is 0.339. The van der Waals surface area contributed by atoms with Gasteiger partial charge in [0.05, 0.1) is 5.52 Å². The summed E-state index contributed by atoms with van der Waals surface area (Å²) in [4.78, 5) is 6.87. The fraction of sp³-hybridized carbons (Fsp3) is 0.160. The first-order valence-electron chi connectivity index (χ1n) is 10.2. The van der Waals surface area contributed by atoms with E-state index in [9.17, 15) is 0 Å². The average molecular weight is 428 g/mol. The van der Waals surface area contributed by atoms with Gasteiger partial charge in [-0.15, -0.1) is 10.2 Å². The molecule has 0 fully saturated rings. The van der Waals surface area contributed by atoms with Gasteiger partial charge < -0.3 is 4.90 Å². The van der Waals surface area contributed by atoms with Crippen molar-refractivity contribution in [2.75, 3.05) is 11.9 Å². The third-order valence-electron chi connectivity index (χ3n) is 5.72. The fourth-order valence-electron chi connectivity index (χ4n) is 4.43. The summed E-state index contributed by atoms with van der Waals surface area (Å²) in [6.07, 6.45) is 0. The molecule has 3 aromatic carbocycles. The molecule has 154 valence electrons. The van der Waals surface area contributed by atoms with Gasteiger partial charge >= 0.3 is 0 Å². The summed E-state index contributed by atoms with van der Waals surface area (Å²) >= 11 is 6.27. The van der Waals surface area contributed by atoms with E-state index in [1.165, 1.54) is 27.8 Å². The number of hydrogen-bond acceptors (Lipinski definition) is 4. The number of nitrogens with zero attached hydrogens (tertiary/aromatic N) is 5. The summed E-state index contributed by atoms with van der Waals surface area (Å²) in [5.41, 5.74) is 8.27. The molecule has 0 atom stereocenters. The minimum Gasteiger partial charge on any atom is -0.329 e. The van der Waals surface area contributed by atoms with Crippen LogP contribution < -0.4 is 4.90 Å². The molecule has 5 rings (SSSR count). The van der Waals surface area contributed by atoms with Crippen LogP contribution >= 0.6 is 11.6 Å². The molecule has 6 heteroatoms. The molecule has 0 amide bonds. The Morgan fingerprint density at radius 3 is 2.39 bits per heavy atom. The van der Waals surface area contributed by atoms with Crippen LogP contribution in [-0.4, -0.2) is 26.6 Å². The normalized spacial score (nSPS) is 11.4. The van der Waals surface area contributed by atoms with Gasteiger partial charge in [0, 0.05) is 18.1 Å². The Morgan fingerprint density at radius 1 is 0.871 bits per heavy atom. The van der Waals surface area contributed by atoms with Crippen LogP contribution in [0.3, 0.4) is 0 Å². The first kappa shape index (κ1) is 19.5. The Morgan fingerprint density at radius 2 is 1.61 bits per heavy atom. The smallest absolute Gasteiger partial charge is 0.258 e. The second-order valence-corrected chi connectivity index (χ2v) is 8.28. The number of halogens is 1. The molecule has 0 saturated carbocycles. The molecule has 0 saturated heterocycles. The molecule has 5 nitrogen and oxygen atoms in total. The molecule has 0 aliphatic rings. The van der Waals surface area contributed by atoms with Crippen LogP contribution in [0.15, 0.2) is 60.7 Å². The van der Waals surface area contributed by atoms with E-state index in [0.29, 0.717) is 11.1 Å². The zero-order valence-corrected chi connectivity index (χ0v) is 18.6. The molecule has 0 aliphatic carbocycles. The monoisotopic (exact) mass is 427 g/mol.